The van der Waals surface area contributed by atoms with Crippen LogP contribution in [0.25, 0.3) is 0 Å². The van der Waals surface area contributed by atoms with Crippen LogP contribution < -0.4 is 5.32 Å². The van der Waals surface area contributed by atoms with Gasteiger partial charge in [-0.1, -0.05) is 12.2 Å². The normalized spacial score (nSPS) is 13.5. The van der Waals surface area contributed by atoms with Gasteiger partial charge < -0.3 is 10.1 Å². The number of carbonyl (C=O) groups excluding carboxylic acids is 1. The Kier molecular flexibility index (Phi) is 6.76. The van der Waals surface area contributed by atoms with Crippen LogP contribution in [-0.2, 0) is 9.53 Å². The van der Waals surface area contributed by atoms with Crippen molar-refractivity contribution in [3.8, 4) is 0 Å². The van der Waals surface area contributed by atoms with E-state index in [0.717, 1.165) is 6.42 Å². The van der Waals surface area contributed by atoms with Gasteiger partial charge in [-0.2, -0.15) is 0 Å². The Morgan fingerprint density at radius 1 is 1.64 bits per heavy atom. The smallest absolute Gasteiger partial charge is 0.333 e. The van der Waals surface area contributed by atoms with Gasteiger partial charge >= 0.3 is 5.97 Å². The number of nitrogens with one attached hydrogen (secondary N) is 1. The number of methoxy groups -OCH3 is 1. The third kappa shape index (κ3) is 5.54. The van der Waals surface area contributed by atoms with Gasteiger partial charge in [0.05, 0.1) is 7.11 Å². The van der Waals surface area contributed by atoms with E-state index in [1.54, 1.807) is 6.92 Å². The van der Waals surface area contributed by atoms with Crippen molar-refractivity contribution in [2.45, 2.75) is 26.3 Å². The lowest BCUT2D eigenvalue weighted by Gasteiger charge is -2.09. The number of hydrogen-bond acceptors (Lipinski definition) is 3. The van der Waals surface area contributed by atoms with Crippen LogP contribution in [0.4, 0.5) is 0 Å². The van der Waals surface area contributed by atoms with Crippen molar-refractivity contribution in [1.29, 1.82) is 0 Å². The summed E-state index contributed by atoms with van der Waals surface area (Å²) < 4.78 is 4.57. The van der Waals surface area contributed by atoms with Crippen LogP contribution in [0.3, 0.4) is 0 Å². The molecule has 0 aromatic carbocycles. The Bertz CT molecular complexity index is 221. The fourth-order valence-electron chi connectivity index (χ4n) is 0.991. The van der Waals surface area contributed by atoms with Crippen molar-refractivity contribution in [2.75, 3.05) is 13.7 Å². The number of rotatable bonds is 6. The minimum atomic E-state index is -0.275. The lowest BCUT2D eigenvalue weighted by molar-refractivity contribution is -0.136. The van der Waals surface area contributed by atoms with Gasteiger partial charge in [-0.05, 0) is 20.3 Å². The topological polar surface area (TPSA) is 38.3 Å². The first kappa shape index (κ1) is 12.9. The summed E-state index contributed by atoms with van der Waals surface area (Å²) in [6.07, 6.45) is 4.62. The lowest BCUT2D eigenvalue weighted by Crippen LogP contribution is -2.25. The van der Waals surface area contributed by atoms with Crippen LogP contribution in [0.2, 0.25) is 0 Å². The summed E-state index contributed by atoms with van der Waals surface area (Å²) in [6, 6.07) is 0.384. The van der Waals surface area contributed by atoms with E-state index in [1.165, 1.54) is 7.11 Å². The van der Waals surface area contributed by atoms with Crippen LogP contribution in [0, 0.1) is 0 Å². The van der Waals surface area contributed by atoms with E-state index in [0.29, 0.717) is 18.2 Å². The fraction of sp³-hybridized carbons (Fsp3) is 0.545. The number of esters is 1. The van der Waals surface area contributed by atoms with Crippen molar-refractivity contribution >= 4 is 5.97 Å². The molecule has 0 fully saturated rings. The highest BCUT2D eigenvalue weighted by Crippen LogP contribution is 1.95. The van der Waals surface area contributed by atoms with E-state index in [2.05, 4.69) is 23.6 Å². The molecule has 0 aliphatic heterocycles. The second-order valence-electron chi connectivity index (χ2n) is 3.21. The molecule has 0 aromatic rings. The second kappa shape index (κ2) is 7.33. The first-order valence-electron chi connectivity index (χ1n) is 4.71. The van der Waals surface area contributed by atoms with Gasteiger partial charge in [0.25, 0.3) is 0 Å². The summed E-state index contributed by atoms with van der Waals surface area (Å²) in [7, 11) is 1.38. The van der Waals surface area contributed by atoms with Gasteiger partial charge in [-0.25, -0.2) is 4.79 Å². The molecule has 0 aromatic heterocycles. The summed E-state index contributed by atoms with van der Waals surface area (Å²) in [5, 5.41) is 3.24. The van der Waals surface area contributed by atoms with Gasteiger partial charge in [0.1, 0.15) is 0 Å². The zero-order valence-electron chi connectivity index (χ0n) is 9.17. The molecule has 1 unspecified atom stereocenters. The average molecular weight is 197 g/mol. The van der Waals surface area contributed by atoms with Crippen LogP contribution in [-0.4, -0.2) is 25.7 Å². The molecule has 0 saturated heterocycles. The third-order valence-electron chi connectivity index (χ3n) is 1.90. The van der Waals surface area contributed by atoms with Gasteiger partial charge in [0, 0.05) is 18.2 Å². The molecule has 14 heavy (non-hydrogen) atoms. The van der Waals surface area contributed by atoms with Gasteiger partial charge in [-0.3, -0.25) is 0 Å². The van der Waals surface area contributed by atoms with Crippen molar-refractivity contribution in [3.63, 3.8) is 0 Å². The van der Waals surface area contributed by atoms with Crippen molar-refractivity contribution in [1.82, 2.24) is 5.32 Å². The molecular formula is C11H19NO2. The molecule has 0 heterocycles. The minimum Gasteiger partial charge on any atom is -0.466 e. The molecule has 1 N–H and O–H groups in total. The highest BCUT2D eigenvalue weighted by Gasteiger charge is 2.02. The van der Waals surface area contributed by atoms with E-state index in [4.69, 9.17) is 0 Å². The first-order valence-corrected chi connectivity index (χ1v) is 4.71. The highest BCUT2D eigenvalue weighted by molar-refractivity contribution is 5.87. The summed E-state index contributed by atoms with van der Waals surface area (Å²) in [6.45, 7) is 8.15. The Hall–Kier alpha value is -1.09. The van der Waals surface area contributed by atoms with Crippen LogP contribution in [0.15, 0.2) is 24.3 Å². The molecule has 0 saturated carbocycles. The zero-order valence-corrected chi connectivity index (χ0v) is 9.17. The molecule has 0 rings (SSSR count). The Balaban J connectivity index is 3.80. The van der Waals surface area contributed by atoms with Crippen molar-refractivity contribution < 1.29 is 9.53 Å². The molecule has 3 heteroatoms. The summed E-state index contributed by atoms with van der Waals surface area (Å²) in [5.41, 5.74) is 0.630. The fourth-order valence-corrected chi connectivity index (χ4v) is 0.991. The second-order valence-corrected chi connectivity index (χ2v) is 3.21. The summed E-state index contributed by atoms with van der Waals surface area (Å²) in [5.74, 6) is -0.275. The van der Waals surface area contributed by atoms with Gasteiger partial charge in [-0.15, -0.1) is 6.58 Å². The molecule has 0 aliphatic rings. The molecule has 0 bridgehead atoms. The van der Waals surface area contributed by atoms with E-state index < -0.39 is 0 Å². The van der Waals surface area contributed by atoms with Crippen LogP contribution in [0.5, 0.6) is 0 Å². The first-order chi connectivity index (χ1) is 6.61. The molecule has 0 radical (unpaired) electrons. The predicted octanol–water partition coefficient (Wildman–Crippen LogP) is 1.66. The van der Waals surface area contributed by atoms with E-state index in [-0.39, 0.29) is 5.97 Å². The maximum absolute atomic E-state index is 11.0. The molecule has 3 nitrogen and oxygen atoms in total. The highest BCUT2D eigenvalue weighted by atomic mass is 16.5. The van der Waals surface area contributed by atoms with E-state index in [9.17, 15) is 4.79 Å². The van der Waals surface area contributed by atoms with Crippen LogP contribution in [0.1, 0.15) is 20.3 Å². The zero-order chi connectivity index (χ0) is 11.0. The van der Waals surface area contributed by atoms with Crippen molar-refractivity contribution in [3.05, 3.63) is 24.3 Å². The minimum absolute atomic E-state index is 0.275. The molecular weight excluding hydrogens is 178 g/mol. The number of ether oxygens (including phenoxy) is 1. The molecule has 80 valence electrons. The summed E-state index contributed by atoms with van der Waals surface area (Å²) in [4.78, 5) is 11.0. The largest absolute Gasteiger partial charge is 0.466 e. The predicted molar refractivity (Wildman–Crippen MR) is 58.1 cm³/mol. The monoisotopic (exact) mass is 197 g/mol. The summed E-state index contributed by atoms with van der Waals surface area (Å²) >= 11 is 0. The Morgan fingerprint density at radius 2 is 2.29 bits per heavy atom. The maximum Gasteiger partial charge on any atom is 0.333 e. The maximum atomic E-state index is 11.0. The standard InChI is InChI=1S/C11H19NO2/c1-5-6-10(3)12-8-7-9(2)11(13)14-4/h5,7,10,12H,1,6,8H2,2-4H3/b9-7+. The molecule has 1 atom stereocenters. The van der Waals surface area contributed by atoms with Crippen molar-refractivity contribution in [2.24, 2.45) is 0 Å². The molecule has 0 spiro atoms. The van der Waals surface area contributed by atoms with E-state index in [1.807, 2.05) is 12.2 Å². The Morgan fingerprint density at radius 3 is 2.79 bits per heavy atom. The Labute approximate surface area is 85.8 Å². The van der Waals surface area contributed by atoms with Gasteiger partial charge in [0.15, 0.2) is 0 Å². The SMILES string of the molecule is C=CCC(C)NC/C=C(\C)C(=O)OC. The number of hydrogen-bond donors (Lipinski definition) is 1. The van der Waals surface area contributed by atoms with E-state index >= 15 is 0 Å². The molecule has 0 aliphatic carbocycles. The third-order valence-corrected chi connectivity index (χ3v) is 1.90. The number of carbonyl (C=O) groups is 1. The lowest BCUT2D eigenvalue weighted by atomic mass is 10.2. The average Bonchev–Trinajstić information content (AvgIpc) is 2.16. The van der Waals surface area contributed by atoms with Crippen LogP contribution >= 0.6 is 0 Å². The quantitative estimate of drug-likeness (QED) is 0.400. The van der Waals surface area contributed by atoms with Gasteiger partial charge in [0.2, 0.25) is 0 Å². The molecule has 0 amide bonds.